The minimum Gasteiger partial charge on any atom is -0.326 e. The van der Waals surface area contributed by atoms with Gasteiger partial charge >= 0.3 is 0 Å². The first-order chi connectivity index (χ1) is 5.83. The number of hydrogen-bond acceptors (Lipinski definition) is 1. The van der Waals surface area contributed by atoms with Crippen LogP contribution < -0.4 is 5.73 Å². The molecule has 0 aliphatic heterocycles. The van der Waals surface area contributed by atoms with Gasteiger partial charge in [-0.25, -0.2) is 0 Å². The monoisotopic (exact) mass is 161 g/mol. The lowest BCUT2D eigenvalue weighted by atomic mass is 9.99. The maximum atomic E-state index is 5.72. The molecule has 0 amide bonds. The first-order valence-corrected chi connectivity index (χ1v) is 4.61. The molecular formula is C11H15N. The Morgan fingerprint density at radius 3 is 2.75 bits per heavy atom. The van der Waals surface area contributed by atoms with Crippen molar-refractivity contribution in [3.8, 4) is 0 Å². The molecule has 1 aromatic rings. The first-order valence-electron chi connectivity index (χ1n) is 4.61. The third-order valence-corrected chi connectivity index (χ3v) is 2.67. The number of benzene rings is 1. The van der Waals surface area contributed by atoms with E-state index in [0.717, 1.165) is 5.92 Å². The van der Waals surface area contributed by atoms with Gasteiger partial charge in [0, 0.05) is 6.54 Å². The fraction of sp³-hybridized carbons (Fsp3) is 0.455. The maximum Gasteiger partial charge on any atom is 0.0183 e. The second kappa shape index (κ2) is 2.91. The SMILES string of the molecule is Cc1cccc(C2CC2)c1CN. The molecule has 0 unspecified atom stereocenters. The molecule has 2 rings (SSSR count). The zero-order valence-electron chi connectivity index (χ0n) is 7.51. The molecule has 0 heterocycles. The van der Waals surface area contributed by atoms with Crippen LogP contribution in [0.3, 0.4) is 0 Å². The van der Waals surface area contributed by atoms with Gasteiger partial charge in [0.15, 0.2) is 0 Å². The average molecular weight is 161 g/mol. The molecule has 0 aromatic heterocycles. The van der Waals surface area contributed by atoms with Crippen molar-refractivity contribution in [3.63, 3.8) is 0 Å². The third kappa shape index (κ3) is 1.25. The van der Waals surface area contributed by atoms with Crippen LogP contribution in [0.15, 0.2) is 18.2 Å². The molecule has 1 nitrogen and oxygen atoms in total. The zero-order valence-corrected chi connectivity index (χ0v) is 7.51. The van der Waals surface area contributed by atoms with Gasteiger partial charge < -0.3 is 5.73 Å². The number of nitrogens with two attached hydrogens (primary N) is 1. The minimum absolute atomic E-state index is 0.693. The Morgan fingerprint density at radius 2 is 2.17 bits per heavy atom. The lowest BCUT2D eigenvalue weighted by Gasteiger charge is -2.08. The highest BCUT2D eigenvalue weighted by Crippen LogP contribution is 2.42. The van der Waals surface area contributed by atoms with Crippen LogP contribution in [0.1, 0.15) is 35.4 Å². The molecule has 1 aromatic carbocycles. The van der Waals surface area contributed by atoms with E-state index in [0.29, 0.717) is 6.54 Å². The van der Waals surface area contributed by atoms with Crippen LogP contribution in [0.25, 0.3) is 0 Å². The molecule has 0 radical (unpaired) electrons. The summed E-state index contributed by atoms with van der Waals surface area (Å²) in [6, 6.07) is 6.52. The first kappa shape index (κ1) is 7.81. The largest absolute Gasteiger partial charge is 0.326 e. The molecule has 0 saturated heterocycles. The summed E-state index contributed by atoms with van der Waals surface area (Å²) in [6.45, 7) is 2.84. The minimum atomic E-state index is 0.693. The van der Waals surface area contributed by atoms with Crippen LogP contribution in [0.2, 0.25) is 0 Å². The van der Waals surface area contributed by atoms with E-state index in [-0.39, 0.29) is 0 Å². The summed E-state index contributed by atoms with van der Waals surface area (Å²) in [5.74, 6) is 0.823. The molecule has 1 aliphatic carbocycles. The second-order valence-corrected chi connectivity index (χ2v) is 3.62. The van der Waals surface area contributed by atoms with E-state index in [1.807, 2.05) is 0 Å². The summed E-state index contributed by atoms with van der Waals surface area (Å²) in [4.78, 5) is 0. The Bertz CT molecular complexity index is 287. The van der Waals surface area contributed by atoms with E-state index < -0.39 is 0 Å². The van der Waals surface area contributed by atoms with E-state index in [4.69, 9.17) is 5.73 Å². The van der Waals surface area contributed by atoms with Gasteiger partial charge in [-0.05, 0) is 42.4 Å². The summed E-state index contributed by atoms with van der Waals surface area (Å²) >= 11 is 0. The van der Waals surface area contributed by atoms with Gasteiger partial charge in [0.05, 0.1) is 0 Å². The highest BCUT2D eigenvalue weighted by atomic mass is 14.5. The van der Waals surface area contributed by atoms with Crippen molar-refractivity contribution in [2.24, 2.45) is 5.73 Å². The zero-order chi connectivity index (χ0) is 8.55. The van der Waals surface area contributed by atoms with E-state index in [1.54, 1.807) is 0 Å². The Labute approximate surface area is 73.6 Å². The molecule has 1 saturated carbocycles. The summed E-state index contributed by atoms with van der Waals surface area (Å²) in [7, 11) is 0. The molecule has 1 fully saturated rings. The highest BCUT2D eigenvalue weighted by molar-refractivity contribution is 5.38. The van der Waals surface area contributed by atoms with Gasteiger partial charge in [0.2, 0.25) is 0 Å². The smallest absolute Gasteiger partial charge is 0.0183 e. The van der Waals surface area contributed by atoms with E-state index >= 15 is 0 Å². The summed E-state index contributed by atoms with van der Waals surface area (Å²) < 4.78 is 0. The molecule has 1 heteroatoms. The Morgan fingerprint density at radius 1 is 1.42 bits per heavy atom. The topological polar surface area (TPSA) is 26.0 Å². The molecule has 12 heavy (non-hydrogen) atoms. The third-order valence-electron chi connectivity index (χ3n) is 2.67. The van der Waals surface area contributed by atoms with Gasteiger partial charge in [-0.2, -0.15) is 0 Å². The van der Waals surface area contributed by atoms with E-state index in [2.05, 4.69) is 25.1 Å². The molecular weight excluding hydrogens is 146 g/mol. The molecule has 0 spiro atoms. The number of aryl methyl sites for hydroxylation is 1. The van der Waals surface area contributed by atoms with E-state index in [1.165, 1.54) is 29.5 Å². The maximum absolute atomic E-state index is 5.72. The van der Waals surface area contributed by atoms with Crippen LogP contribution >= 0.6 is 0 Å². The molecule has 2 N–H and O–H groups in total. The fourth-order valence-electron chi connectivity index (χ4n) is 1.78. The Hall–Kier alpha value is -0.820. The number of rotatable bonds is 2. The van der Waals surface area contributed by atoms with Crippen molar-refractivity contribution >= 4 is 0 Å². The Balaban J connectivity index is 2.43. The van der Waals surface area contributed by atoms with Crippen LogP contribution in [0, 0.1) is 6.92 Å². The standard InChI is InChI=1S/C11H15N/c1-8-3-2-4-10(9-5-6-9)11(8)7-12/h2-4,9H,5-7,12H2,1H3. The quantitative estimate of drug-likeness (QED) is 0.707. The van der Waals surface area contributed by atoms with Crippen molar-refractivity contribution in [1.82, 2.24) is 0 Å². The Kier molecular flexibility index (Phi) is 1.89. The van der Waals surface area contributed by atoms with Crippen LogP contribution in [-0.4, -0.2) is 0 Å². The van der Waals surface area contributed by atoms with E-state index in [9.17, 15) is 0 Å². The highest BCUT2D eigenvalue weighted by Gasteiger charge is 2.25. The van der Waals surface area contributed by atoms with Crippen LogP contribution in [0.5, 0.6) is 0 Å². The molecule has 1 aliphatic rings. The van der Waals surface area contributed by atoms with Crippen molar-refractivity contribution in [2.45, 2.75) is 32.2 Å². The lowest BCUT2D eigenvalue weighted by molar-refractivity contribution is 0.980. The summed E-state index contributed by atoms with van der Waals surface area (Å²) in [5, 5.41) is 0. The van der Waals surface area contributed by atoms with Crippen LogP contribution in [0.4, 0.5) is 0 Å². The van der Waals surface area contributed by atoms with Crippen molar-refractivity contribution in [2.75, 3.05) is 0 Å². The van der Waals surface area contributed by atoms with Crippen LogP contribution in [-0.2, 0) is 6.54 Å². The predicted molar refractivity (Wildman–Crippen MR) is 51.0 cm³/mol. The summed E-state index contributed by atoms with van der Waals surface area (Å²) in [5.41, 5.74) is 9.94. The predicted octanol–water partition coefficient (Wildman–Crippen LogP) is 2.33. The molecule has 0 bridgehead atoms. The molecule has 64 valence electrons. The van der Waals surface area contributed by atoms with Crippen molar-refractivity contribution < 1.29 is 0 Å². The lowest BCUT2D eigenvalue weighted by Crippen LogP contribution is -2.03. The van der Waals surface area contributed by atoms with Gasteiger partial charge in [-0.3, -0.25) is 0 Å². The van der Waals surface area contributed by atoms with Gasteiger partial charge in [0.25, 0.3) is 0 Å². The number of hydrogen-bond donors (Lipinski definition) is 1. The molecule has 0 atom stereocenters. The average Bonchev–Trinajstić information content (AvgIpc) is 2.86. The fourth-order valence-corrected chi connectivity index (χ4v) is 1.78. The van der Waals surface area contributed by atoms with Crippen molar-refractivity contribution in [1.29, 1.82) is 0 Å². The van der Waals surface area contributed by atoms with Gasteiger partial charge in [0.1, 0.15) is 0 Å². The second-order valence-electron chi connectivity index (χ2n) is 3.62. The normalized spacial score (nSPS) is 16.5. The van der Waals surface area contributed by atoms with Gasteiger partial charge in [-0.1, -0.05) is 18.2 Å². The van der Waals surface area contributed by atoms with Crippen molar-refractivity contribution in [3.05, 3.63) is 34.9 Å². The van der Waals surface area contributed by atoms with Gasteiger partial charge in [-0.15, -0.1) is 0 Å². The summed E-state index contributed by atoms with van der Waals surface area (Å²) in [6.07, 6.45) is 2.72.